The van der Waals surface area contributed by atoms with E-state index in [0.717, 1.165) is 18.5 Å². The quantitative estimate of drug-likeness (QED) is 0.847. The molecule has 4 heteroatoms. The molecule has 1 saturated heterocycles. The number of halogens is 1. The summed E-state index contributed by atoms with van der Waals surface area (Å²) in [6.45, 7) is 6.67. The van der Waals surface area contributed by atoms with Crippen molar-refractivity contribution in [1.29, 1.82) is 0 Å². The zero-order valence-electron chi connectivity index (χ0n) is 11.9. The molecule has 2 N–H and O–H groups in total. The smallest absolute Gasteiger partial charge is 0.167 e. The van der Waals surface area contributed by atoms with Gasteiger partial charge in [0.1, 0.15) is 0 Å². The topological polar surface area (TPSA) is 38.5 Å². The maximum absolute atomic E-state index is 13.8. The van der Waals surface area contributed by atoms with Gasteiger partial charge in [-0.2, -0.15) is 0 Å². The first kappa shape index (κ1) is 14.0. The molecule has 1 fully saturated rings. The Hall–Kier alpha value is -1.45. The third kappa shape index (κ3) is 2.62. The molecule has 2 atom stereocenters. The summed E-state index contributed by atoms with van der Waals surface area (Å²) in [5, 5.41) is 0. The van der Waals surface area contributed by atoms with Gasteiger partial charge in [0.15, 0.2) is 11.6 Å². The molecule has 1 aliphatic rings. The summed E-state index contributed by atoms with van der Waals surface area (Å²) in [5.41, 5.74) is 7.41. The second-order valence-corrected chi connectivity index (χ2v) is 5.17. The SMILES string of the molecule is CCOc1cc(N2C(C)CCC2CC)c(N)cc1F. The Balaban J connectivity index is 2.40. The number of hydrogen-bond acceptors (Lipinski definition) is 3. The summed E-state index contributed by atoms with van der Waals surface area (Å²) in [5.74, 6) is -0.0938. The molecule has 0 bridgehead atoms. The lowest BCUT2D eigenvalue weighted by molar-refractivity contribution is 0.321. The second kappa shape index (κ2) is 5.68. The second-order valence-electron chi connectivity index (χ2n) is 5.17. The fourth-order valence-corrected chi connectivity index (χ4v) is 2.95. The van der Waals surface area contributed by atoms with Crippen LogP contribution in [-0.2, 0) is 0 Å². The van der Waals surface area contributed by atoms with Crippen molar-refractivity contribution in [2.45, 2.75) is 52.1 Å². The van der Waals surface area contributed by atoms with E-state index in [1.165, 1.54) is 12.5 Å². The van der Waals surface area contributed by atoms with Gasteiger partial charge in [-0.25, -0.2) is 4.39 Å². The van der Waals surface area contributed by atoms with Crippen molar-refractivity contribution in [3.05, 3.63) is 17.9 Å². The lowest BCUT2D eigenvalue weighted by Gasteiger charge is -2.31. The molecule has 0 radical (unpaired) electrons. The van der Waals surface area contributed by atoms with Crippen LogP contribution in [0.1, 0.15) is 40.0 Å². The minimum Gasteiger partial charge on any atom is -0.491 e. The predicted molar refractivity (Wildman–Crippen MR) is 77.2 cm³/mol. The fraction of sp³-hybridized carbons (Fsp3) is 0.600. The van der Waals surface area contributed by atoms with Crippen LogP contribution in [0.25, 0.3) is 0 Å². The molecule has 3 nitrogen and oxygen atoms in total. The van der Waals surface area contributed by atoms with Crippen molar-refractivity contribution in [1.82, 2.24) is 0 Å². The molecule has 2 unspecified atom stereocenters. The van der Waals surface area contributed by atoms with E-state index in [9.17, 15) is 4.39 Å². The molecule has 1 aromatic carbocycles. The Morgan fingerprint density at radius 1 is 1.37 bits per heavy atom. The van der Waals surface area contributed by atoms with Crippen LogP contribution in [0.4, 0.5) is 15.8 Å². The van der Waals surface area contributed by atoms with E-state index in [-0.39, 0.29) is 5.82 Å². The van der Waals surface area contributed by atoms with E-state index in [2.05, 4.69) is 18.7 Å². The maximum atomic E-state index is 13.8. The van der Waals surface area contributed by atoms with Crippen LogP contribution in [0.15, 0.2) is 12.1 Å². The van der Waals surface area contributed by atoms with E-state index in [4.69, 9.17) is 10.5 Å². The average Bonchev–Trinajstić information content (AvgIpc) is 2.74. The number of nitrogen functional groups attached to an aromatic ring is 1. The van der Waals surface area contributed by atoms with Gasteiger partial charge in [0.2, 0.25) is 0 Å². The Kier molecular flexibility index (Phi) is 4.17. The van der Waals surface area contributed by atoms with Gasteiger partial charge >= 0.3 is 0 Å². The molecule has 0 amide bonds. The van der Waals surface area contributed by atoms with Crippen molar-refractivity contribution >= 4 is 11.4 Å². The van der Waals surface area contributed by atoms with Crippen molar-refractivity contribution < 1.29 is 9.13 Å². The number of hydrogen-bond donors (Lipinski definition) is 1. The number of rotatable bonds is 4. The zero-order chi connectivity index (χ0) is 14.0. The zero-order valence-corrected chi connectivity index (χ0v) is 11.9. The van der Waals surface area contributed by atoms with Crippen LogP contribution in [0.5, 0.6) is 5.75 Å². The van der Waals surface area contributed by atoms with Crippen LogP contribution >= 0.6 is 0 Å². The summed E-state index contributed by atoms with van der Waals surface area (Å²) in [6, 6.07) is 4.04. The van der Waals surface area contributed by atoms with Gasteiger partial charge < -0.3 is 15.4 Å². The van der Waals surface area contributed by atoms with Crippen LogP contribution in [0.3, 0.4) is 0 Å². The highest BCUT2D eigenvalue weighted by Crippen LogP contribution is 2.38. The Morgan fingerprint density at radius 2 is 2.11 bits per heavy atom. The van der Waals surface area contributed by atoms with Crippen LogP contribution in [0.2, 0.25) is 0 Å². The number of nitrogens with two attached hydrogens (primary N) is 1. The normalized spacial score (nSPS) is 22.8. The molecular weight excluding hydrogens is 243 g/mol. The van der Waals surface area contributed by atoms with Gasteiger partial charge in [0.25, 0.3) is 0 Å². The molecule has 0 aromatic heterocycles. The number of benzene rings is 1. The highest BCUT2D eigenvalue weighted by molar-refractivity contribution is 5.71. The first-order valence-corrected chi connectivity index (χ1v) is 7.08. The van der Waals surface area contributed by atoms with Crippen molar-refractivity contribution in [2.75, 3.05) is 17.2 Å². The minimum atomic E-state index is -0.386. The molecule has 106 valence electrons. The molecule has 1 aliphatic heterocycles. The van der Waals surface area contributed by atoms with Gasteiger partial charge in [0, 0.05) is 24.2 Å². The molecule has 1 heterocycles. The molecule has 0 spiro atoms. The van der Waals surface area contributed by atoms with Gasteiger partial charge in [-0.05, 0) is 33.1 Å². The molecule has 1 aromatic rings. The van der Waals surface area contributed by atoms with Crippen LogP contribution in [-0.4, -0.2) is 18.7 Å². The molecular formula is C15H23FN2O. The summed E-state index contributed by atoms with van der Waals surface area (Å²) < 4.78 is 19.1. The van der Waals surface area contributed by atoms with E-state index in [0.29, 0.717) is 30.1 Å². The summed E-state index contributed by atoms with van der Waals surface area (Å²) in [4.78, 5) is 2.32. The molecule has 0 aliphatic carbocycles. The maximum Gasteiger partial charge on any atom is 0.167 e. The predicted octanol–water partition coefficient (Wildman–Crippen LogP) is 3.57. The van der Waals surface area contributed by atoms with Crippen molar-refractivity contribution in [3.8, 4) is 5.75 Å². The Labute approximate surface area is 114 Å². The van der Waals surface area contributed by atoms with Crippen LogP contribution < -0.4 is 15.4 Å². The van der Waals surface area contributed by atoms with Gasteiger partial charge in [-0.1, -0.05) is 6.92 Å². The van der Waals surface area contributed by atoms with E-state index >= 15 is 0 Å². The van der Waals surface area contributed by atoms with E-state index in [1.807, 2.05) is 6.92 Å². The molecule has 2 rings (SSSR count). The lowest BCUT2D eigenvalue weighted by atomic mass is 10.1. The van der Waals surface area contributed by atoms with Gasteiger partial charge in [0.05, 0.1) is 18.0 Å². The first-order chi connectivity index (χ1) is 9.08. The lowest BCUT2D eigenvalue weighted by Crippen LogP contribution is -2.34. The van der Waals surface area contributed by atoms with Crippen molar-refractivity contribution in [2.24, 2.45) is 0 Å². The highest BCUT2D eigenvalue weighted by Gasteiger charge is 2.31. The summed E-state index contributed by atoms with van der Waals surface area (Å²) >= 11 is 0. The fourth-order valence-electron chi connectivity index (χ4n) is 2.95. The summed E-state index contributed by atoms with van der Waals surface area (Å²) in [7, 11) is 0. The average molecular weight is 266 g/mol. The Bertz CT molecular complexity index is 450. The minimum absolute atomic E-state index is 0.292. The number of ether oxygens (including phenoxy) is 1. The highest BCUT2D eigenvalue weighted by atomic mass is 19.1. The monoisotopic (exact) mass is 266 g/mol. The molecule has 19 heavy (non-hydrogen) atoms. The van der Waals surface area contributed by atoms with E-state index < -0.39 is 0 Å². The third-order valence-electron chi connectivity index (χ3n) is 3.92. The summed E-state index contributed by atoms with van der Waals surface area (Å²) in [6.07, 6.45) is 3.39. The standard InChI is InChI=1S/C15H23FN2O/c1-4-11-7-6-10(3)18(11)14-9-15(19-5-2)12(16)8-13(14)17/h8-11H,4-7,17H2,1-3H3. The van der Waals surface area contributed by atoms with Gasteiger partial charge in [-0.15, -0.1) is 0 Å². The van der Waals surface area contributed by atoms with Crippen LogP contribution in [0, 0.1) is 5.82 Å². The van der Waals surface area contributed by atoms with E-state index in [1.54, 1.807) is 6.07 Å². The molecule has 0 saturated carbocycles. The Morgan fingerprint density at radius 3 is 2.74 bits per heavy atom. The third-order valence-corrected chi connectivity index (χ3v) is 3.92. The van der Waals surface area contributed by atoms with Crippen molar-refractivity contribution in [3.63, 3.8) is 0 Å². The first-order valence-electron chi connectivity index (χ1n) is 7.08. The largest absolute Gasteiger partial charge is 0.491 e. The number of anilines is 2. The number of nitrogens with zero attached hydrogens (tertiary/aromatic N) is 1. The van der Waals surface area contributed by atoms with Gasteiger partial charge in [-0.3, -0.25) is 0 Å².